The lowest BCUT2D eigenvalue weighted by molar-refractivity contribution is 0.331. The molecule has 0 aromatic heterocycles. The van der Waals surface area contributed by atoms with E-state index in [1.807, 2.05) is 44.2 Å². The lowest BCUT2D eigenvalue weighted by atomic mass is 10.0. The highest BCUT2D eigenvalue weighted by Gasteiger charge is 2.37. The van der Waals surface area contributed by atoms with E-state index in [1.165, 1.54) is 0 Å². The molecule has 0 bridgehead atoms. The molecule has 1 aliphatic heterocycles. The Bertz CT molecular complexity index is 874. The maximum atomic E-state index is 13.5. The zero-order valence-electron chi connectivity index (χ0n) is 15.2. The summed E-state index contributed by atoms with van der Waals surface area (Å²) in [5.74, 6) is 0.663. The number of para-hydroxylation sites is 1. The number of fused-ring (bicyclic) bond motifs is 1. The Labute approximate surface area is 150 Å². The fourth-order valence-corrected chi connectivity index (χ4v) is 5.23. The number of benzene rings is 2. The first-order chi connectivity index (χ1) is 11.9. The van der Waals surface area contributed by atoms with Crippen molar-refractivity contribution in [3.8, 4) is 5.75 Å². The Hall–Kier alpha value is -2.01. The summed E-state index contributed by atoms with van der Waals surface area (Å²) < 4.78 is 34.2. The molecule has 0 amide bonds. The van der Waals surface area contributed by atoms with Gasteiger partial charge < -0.3 is 4.74 Å². The molecule has 1 aliphatic rings. The molecule has 0 radical (unpaired) electrons. The largest absolute Gasteiger partial charge is 0.492 e. The molecule has 4 nitrogen and oxygen atoms in total. The molecule has 0 saturated carbocycles. The van der Waals surface area contributed by atoms with Crippen LogP contribution in [0.2, 0.25) is 0 Å². The molecule has 5 heteroatoms. The van der Waals surface area contributed by atoms with Crippen LogP contribution in [0.15, 0.2) is 47.4 Å². The molecule has 25 heavy (non-hydrogen) atoms. The van der Waals surface area contributed by atoms with E-state index in [9.17, 15) is 8.42 Å². The first-order valence-corrected chi connectivity index (χ1v) is 10.2. The van der Waals surface area contributed by atoms with Crippen molar-refractivity contribution in [2.45, 2.75) is 51.0 Å². The van der Waals surface area contributed by atoms with Crippen LogP contribution < -0.4 is 9.04 Å². The molecule has 0 fully saturated rings. The van der Waals surface area contributed by atoms with Crippen LogP contribution in [0.4, 0.5) is 5.69 Å². The third-order valence-electron chi connectivity index (χ3n) is 4.62. The molecule has 3 rings (SSSR count). The minimum Gasteiger partial charge on any atom is -0.492 e. The highest BCUT2D eigenvalue weighted by Crippen LogP contribution is 2.39. The minimum atomic E-state index is -3.70. The molecule has 0 spiro atoms. The molecular weight excluding hydrogens is 334 g/mol. The predicted molar refractivity (Wildman–Crippen MR) is 101 cm³/mol. The lowest BCUT2D eigenvalue weighted by Crippen LogP contribution is -2.36. The van der Waals surface area contributed by atoms with Crippen molar-refractivity contribution in [2.75, 3.05) is 10.9 Å². The Kier molecular flexibility index (Phi) is 4.78. The molecule has 0 N–H and O–H groups in total. The second-order valence-electron chi connectivity index (χ2n) is 6.78. The third kappa shape index (κ3) is 3.13. The quantitative estimate of drug-likeness (QED) is 0.797. The van der Waals surface area contributed by atoms with Gasteiger partial charge in [0.1, 0.15) is 10.6 Å². The van der Waals surface area contributed by atoms with Gasteiger partial charge in [-0.25, -0.2) is 8.42 Å². The van der Waals surface area contributed by atoms with Crippen LogP contribution in [0.25, 0.3) is 0 Å². The SMILES string of the molecule is CCOc1ccc(C(C)C)cc1S(=O)(=O)N1c2ccccc2C[C@H]1C. The van der Waals surface area contributed by atoms with Crippen LogP contribution in [-0.2, 0) is 16.4 Å². The number of sulfonamides is 1. The van der Waals surface area contributed by atoms with Gasteiger partial charge in [-0.2, -0.15) is 0 Å². The van der Waals surface area contributed by atoms with Gasteiger partial charge in [-0.1, -0.05) is 38.1 Å². The Morgan fingerprint density at radius 3 is 2.60 bits per heavy atom. The van der Waals surface area contributed by atoms with E-state index in [-0.39, 0.29) is 16.9 Å². The van der Waals surface area contributed by atoms with E-state index in [4.69, 9.17) is 4.74 Å². The highest BCUT2D eigenvalue weighted by atomic mass is 32.2. The van der Waals surface area contributed by atoms with Crippen molar-refractivity contribution >= 4 is 15.7 Å². The summed E-state index contributed by atoms with van der Waals surface area (Å²) in [6, 6.07) is 13.1. The van der Waals surface area contributed by atoms with Crippen LogP contribution in [0.3, 0.4) is 0 Å². The standard InChI is InChI=1S/C20H25NO3S/c1-5-24-19-11-10-16(14(2)3)13-20(19)25(22,23)21-15(4)12-17-8-6-7-9-18(17)21/h6-11,13-15H,5,12H2,1-4H3/t15-/m1/s1. The Morgan fingerprint density at radius 2 is 1.92 bits per heavy atom. The minimum absolute atomic E-state index is 0.111. The average molecular weight is 359 g/mol. The van der Waals surface area contributed by atoms with Gasteiger partial charge in [-0.05, 0) is 55.5 Å². The van der Waals surface area contributed by atoms with Crippen molar-refractivity contribution < 1.29 is 13.2 Å². The normalized spacial score (nSPS) is 17.0. The van der Waals surface area contributed by atoms with Crippen LogP contribution in [-0.4, -0.2) is 21.1 Å². The molecule has 134 valence electrons. The summed E-state index contributed by atoms with van der Waals surface area (Å²) in [7, 11) is -3.70. The number of nitrogens with zero attached hydrogens (tertiary/aromatic N) is 1. The number of hydrogen-bond donors (Lipinski definition) is 0. The lowest BCUT2D eigenvalue weighted by Gasteiger charge is -2.26. The van der Waals surface area contributed by atoms with E-state index < -0.39 is 10.0 Å². The van der Waals surface area contributed by atoms with Crippen LogP contribution in [0.1, 0.15) is 44.7 Å². The molecule has 2 aromatic carbocycles. The predicted octanol–water partition coefficient (Wildman–Crippen LogP) is 4.35. The molecule has 0 aliphatic carbocycles. The number of hydrogen-bond acceptors (Lipinski definition) is 3. The van der Waals surface area contributed by atoms with Crippen molar-refractivity contribution in [1.82, 2.24) is 0 Å². The van der Waals surface area contributed by atoms with Crippen molar-refractivity contribution in [1.29, 1.82) is 0 Å². The van der Waals surface area contributed by atoms with Gasteiger partial charge >= 0.3 is 0 Å². The molecule has 0 unspecified atom stereocenters. The monoisotopic (exact) mass is 359 g/mol. The Morgan fingerprint density at radius 1 is 1.20 bits per heavy atom. The summed E-state index contributed by atoms with van der Waals surface area (Å²) in [5, 5.41) is 0. The first kappa shape index (κ1) is 17.8. The first-order valence-electron chi connectivity index (χ1n) is 8.75. The average Bonchev–Trinajstić information content (AvgIpc) is 2.91. The number of ether oxygens (including phenoxy) is 1. The number of anilines is 1. The maximum Gasteiger partial charge on any atom is 0.268 e. The van der Waals surface area contributed by atoms with Gasteiger partial charge in [-0.3, -0.25) is 4.31 Å². The van der Waals surface area contributed by atoms with Crippen LogP contribution in [0.5, 0.6) is 5.75 Å². The third-order valence-corrected chi connectivity index (χ3v) is 6.57. The van der Waals surface area contributed by atoms with Gasteiger partial charge in [0.25, 0.3) is 10.0 Å². The molecule has 0 saturated heterocycles. The molecule has 2 aromatic rings. The van der Waals surface area contributed by atoms with E-state index in [0.717, 1.165) is 23.2 Å². The zero-order valence-corrected chi connectivity index (χ0v) is 16.0. The van der Waals surface area contributed by atoms with Gasteiger partial charge in [0.05, 0.1) is 12.3 Å². The Balaban J connectivity index is 2.16. The van der Waals surface area contributed by atoms with E-state index in [2.05, 4.69) is 13.8 Å². The van der Waals surface area contributed by atoms with Gasteiger partial charge in [-0.15, -0.1) is 0 Å². The fraction of sp³-hybridized carbons (Fsp3) is 0.400. The molecular formula is C20H25NO3S. The second-order valence-corrected chi connectivity index (χ2v) is 8.56. The second kappa shape index (κ2) is 6.71. The summed E-state index contributed by atoms with van der Waals surface area (Å²) >= 11 is 0. The summed E-state index contributed by atoms with van der Waals surface area (Å²) in [5.41, 5.74) is 2.83. The summed E-state index contributed by atoms with van der Waals surface area (Å²) in [4.78, 5) is 0.254. The van der Waals surface area contributed by atoms with Crippen LogP contribution in [0, 0.1) is 0 Å². The number of rotatable bonds is 5. The smallest absolute Gasteiger partial charge is 0.268 e. The molecule has 1 heterocycles. The van der Waals surface area contributed by atoms with Gasteiger partial charge in [0.15, 0.2) is 0 Å². The van der Waals surface area contributed by atoms with Crippen molar-refractivity contribution in [3.05, 3.63) is 53.6 Å². The van der Waals surface area contributed by atoms with Crippen LogP contribution >= 0.6 is 0 Å². The highest BCUT2D eigenvalue weighted by molar-refractivity contribution is 7.93. The summed E-state index contributed by atoms with van der Waals surface area (Å²) in [6.07, 6.45) is 0.725. The topological polar surface area (TPSA) is 46.6 Å². The maximum absolute atomic E-state index is 13.5. The van der Waals surface area contributed by atoms with E-state index in [0.29, 0.717) is 12.4 Å². The molecule has 1 atom stereocenters. The summed E-state index contributed by atoms with van der Waals surface area (Å²) in [6.45, 7) is 8.35. The van der Waals surface area contributed by atoms with Gasteiger partial charge in [0, 0.05) is 6.04 Å². The fourth-order valence-electron chi connectivity index (χ4n) is 3.37. The van der Waals surface area contributed by atoms with Gasteiger partial charge in [0.2, 0.25) is 0 Å². The zero-order chi connectivity index (χ0) is 18.2. The van der Waals surface area contributed by atoms with Crippen molar-refractivity contribution in [2.24, 2.45) is 0 Å². The van der Waals surface area contributed by atoms with Crippen molar-refractivity contribution in [3.63, 3.8) is 0 Å². The van der Waals surface area contributed by atoms with E-state index in [1.54, 1.807) is 16.4 Å². The van der Waals surface area contributed by atoms with E-state index >= 15 is 0 Å².